The van der Waals surface area contributed by atoms with E-state index in [0.717, 1.165) is 11.3 Å². The van der Waals surface area contributed by atoms with Gasteiger partial charge in [0.25, 0.3) is 0 Å². The molecule has 0 saturated heterocycles. The molecular weight excluding hydrogens is 220 g/mol. The smallest absolute Gasteiger partial charge is 0.203 e. The Morgan fingerprint density at radius 1 is 0.882 bits per heavy atom. The lowest BCUT2D eigenvalue weighted by Crippen LogP contribution is -2.09. The van der Waals surface area contributed by atoms with Gasteiger partial charge in [0.05, 0.1) is 27.4 Å². The molecule has 0 radical (unpaired) electrons. The zero-order chi connectivity index (χ0) is 13.0. The van der Waals surface area contributed by atoms with Crippen molar-refractivity contribution in [3.63, 3.8) is 0 Å². The van der Waals surface area contributed by atoms with Gasteiger partial charge in [0.15, 0.2) is 11.5 Å². The average Bonchev–Trinajstić information content (AvgIpc) is 2.30. The molecule has 0 aliphatic heterocycles. The van der Waals surface area contributed by atoms with Crippen molar-refractivity contribution >= 4 is 0 Å². The Bertz CT molecular complexity index is 385. The first-order valence-electron chi connectivity index (χ1n) is 5.51. The Labute approximate surface area is 102 Å². The third-order valence-electron chi connectivity index (χ3n) is 2.40. The maximum absolute atomic E-state index is 5.77. The summed E-state index contributed by atoms with van der Waals surface area (Å²) in [5.74, 6) is 2.59. The first kappa shape index (κ1) is 13.5. The second-order valence-electron chi connectivity index (χ2n) is 3.94. The van der Waals surface area contributed by atoms with E-state index >= 15 is 0 Å². The molecule has 17 heavy (non-hydrogen) atoms. The van der Waals surface area contributed by atoms with Crippen LogP contribution >= 0.6 is 0 Å². The highest BCUT2D eigenvalue weighted by Gasteiger charge is 2.19. The van der Waals surface area contributed by atoms with Crippen molar-refractivity contribution in [1.82, 2.24) is 0 Å². The van der Waals surface area contributed by atoms with Gasteiger partial charge in [0, 0.05) is 11.6 Å². The molecule has 0 aromatic heterocycles. The second-order valence-corrected chi connectivity index (χ2v) is 3.94. The van der Waals surface area contributed by atoms with Crippen molar-refractivity contribution in [2.75, 3.05) is 21.3 Å². The first-order valence-corrected chi connectivity index (χ1v) is 5.51. The Balaban J connectivity index is 3.38. The van der Waals surface area contributed by atoms with E-state index in [-0.39, 0.29) is 6.10 Å². The molecule has 0 unspecified atom stereocenters. The molecule has 4 nitrogen and oxygen atoms in total. The van der Waals surface area contributed by atoms with Crippen LogP contribution in [0.2, 0.25) is 0 Å². The average molecular weight is 240 g/mol. The summed E-state index contributed by atoms with van der Waals surface area (Å²) in [6, 6.07) is 1.79. The predicted octanol–water partition coefficient (Wildman–Crippen LogP) is 2.81. The van der Waals surface area contributed by atoms with Crippen molar-refractivity contribution in [3.8, 4) is 23.0 Å². The maximum atomic E-state index is 5.77. The van der Waals surface area contributed by atoms with Gasteiger partial charge < -0.3 is 18.9 Å². The fourth-order valence-electron chi connectivity index (χ4n) is 1.62. The summed E-state index contributed by atoms with van der Waals surface area (Å²) in [5, 5.41) is 0. The molecule has 0 bridgehead atoms. The summed E-state index contributed by atoms with van der Waals surface area (Å²) in [5.41, 5.74) is 0.902. The predicted molar refractivity (Wildman–Crippen MR) is 66.6 cm³/mol. The molecule has 1 rings (SSSR count). The number of ether oxygens (including phenoxy) is 4. The lowest BCUT2D eigenvalue weighted by atomic mass is 10.1. The van der Waals surface area contributed by atoms with Gasteiger partial charge in [-0.3, -0.25) is 0 Å². The van der Waals surface area contributed by atoms with Crippen LogP contribution in [0.15, 0.2) is 6.07 Å². The standard InChI is InChI=1S/C13H20O4/c1-8(2)17-12-9(3)10(14-4)7-11(15-5)13(12)16-6/h7-8H,1-6H3. The number of methoxy groups -OCH3 is 3. The zero-order valence-electron chi connectivity index (χ0n) is 11.3. The molecule has 0 aliphatic rings. The lowest BCUT2D eigenvalue weighted by Gasteiger charge is -2.20. The summed E-state index contributed by atoms with van der Waals surface area (Å²) >= 11 is 0. The summed E-state index contributed by atoms with van der Waals surface area (Å²) in [7, 11) is 4.80. The summed E-state index contributed by atoms with van der Waals surface area (Å²) < 4.78 is 21.7. The molecule has 1 aromatic rings. The Morgan fingerprint density at radius 3 is 1.88 bits per heavy atom. The van der Waals surface area contributed by atoms with Crippen LogP contribution in [-0.4, -0.2) is 27.4 Å². The van der Waals surface area contributed by atoms with Gasteiger partial charge in [-0.25, -0.2) is 0 Å². The van der Waals surface area contributed by atoms with Crippen molar-refractivity contribution in [2.24, 2.45) is 0 Å². The van der Waals surface area contributed by atoms with E-state index in [1.165, 1.54) is 0 Å². The Hall–Kier alpha value is -1.58. The molecule has 0 atom stereocenters. The number of benzene rings is 1. The van der Waals surface area contributed by atoms with Crippen LogP contribution in [0, 0.1) is 6.92 Å². The van der Waals surface area contributed by atoms with E-state index in [0.29, 0.717) is 17.2 Å². The Morgan fingerprint density at radius 2 is 1.47 bits per heavy atom. The van der Waals surface area contributed by atoms with Gasteiger partial charge in [0.2, 0.25) is 5.75 Å². The highest BCUT2D eigenvalue weighted by atomic mass is 16.5. The Kier molecular flexibility index (Phi) is 4.49. The van der Waals surface area contributed by atoms with Crippen molar-refractivity contribution in [3.05, 3.63) is 11.6 Å². The van der Waals surface area contributed by atoms with Gasteiger partial charge >= 0.3 is 0 Å². The maximum Gasteiger partial charge on any atom is 0.203 e. The SMILES string of the molecule is COc1cc(OC)c(OC)c(OC(C)C)c1C. The molecule has 0 aliphatic carbocycles. The lowest BCUT2D eigenvalue weighted by molar-refractivity contribution is 0.223. The van der Waals surface area contributed by atoms with Crippen LogP contribution in [0.5, 0.6) is 23.0 Å². The van der Waals surface area contributed by atoms with Crippen LogP contribution in [0.3, 0.4) is 0 Å². The fourth-order valence-corrected chi connectivity index (χ4v) is 1.62. The van der Waals surface area contributed by atoms with E-state index < -0.39 is 0 Å². The van der Waals surface area contributed by atoms with Gasteiger partial charge in [-0.1, -0.05) is 0 Å². The van der Waals surface area contributed by atoms with E-state index in [4.69, 9.17) is 18.9 Å². The van der Waals surface area contributed by atoms with Crippen LogP contribution in [-0.2, 0) is 0 Å². The topological polar surface area (TPSA) is 36.9 Å². The van der Waals surface area contributed by atoms with Crippen LogP contribution in [0.1, 0.15) is 19.4 Å². The quantitative estimate of drug-likeness (QED) is 0.793. The normalized spacial score (nSPS) is 10.3. The number of rotatable bonds is 5. The monoisotopic (exact) mass is 240 g/mol. The number of hydrogen-bond donors (Lipinski definition) is 0. The largest absolute Gasteiger partial charge is 0.496 e. The molecule has 0 fully saturated rings. The van der Waals surface area contributed by atoms with E-state index in [2.05, 4.69) is 0 Å². The third kappa shape index (κ3) is 2.75. The highest BCUT2D eigenvalue weighted by Crippen LogP contribution is 2.45. The molecular formula is C13H20O4. The number of hydrogen-bond acceptors (Lipinski definition) is 4. The molecule has 96 valence electrons. The van der Waals surface area contributed by atoms with E-state index in [9.17, 15) is 0 Å². The van der Waals surface area contributed by atoms with Gasteiger partial charge in [-0.05, 0) is 20.8 Å². The summed E-state index contributed by atoms with van der Waals surface area (Å²) in [4.78, 5) is 0. The second kappa shape index (κ2) is 5.66. The molecule has 0 N–H and O–H groups in total. The van der Waals surface area contributed by atoms with Crippen LogP contribution in [0.25, 0.3) is 0 Å². The fraction of sp³-hybridized carbons (Fsp3) is 0.538. The minimum Gasteiger partial charge on any atom is -0.496 e. The van der Waals surface area contributed by atoms with Crippen molar-refractivity contribution < 1.29 is 18.9 Å². The minimum atomic E-state index is 0.0550. The molecule has 0 spiro atoms. The van der Waals surface area contributed by atoms with Crippen molar-refractivity contribution in [1.29, 1.82) is 0 Å². The summed E-state index contributed by atoms with van der Waals surface area (Å²) in [6.45, 7) is 5.86. The zero-order valence-corrected chi connectivity index (χ0v) is 11.3. The van der Waals surface area contributed by atoms with Crippen LogP contribution in [0.4, 0.5) is 0 Å². The summed E-state index contributed by atoms with van der Waals surface area (Å²) in [6.07, 6.45) is 0.0550. The first-order chi connectivity index (χ1) is 8.04. The van der Waals surface area contributed by atoms with Gasteiger partial charge in [-0.2, -0.15) is 0 Å². The van der Waals surface area contributed by atoms with Crippen LogP contribution < -0.4 is 18.9 Å². The molecule has 0 saturated carbocycles. The highest BCUT2D eigenvalue weighted by molar-refractivity contribution is 5.61. The van der Waals surface area contributed by atoms with Gasteiger partial charge in [0.1, 0.15) is 5.75 Å². The van der Waals surface area contributed by atoms with Gasteiger partial charge in [-0.15, -0.1) is 0 Å². The molecule has 4 heteroatoms. The third-order valence-corrected chi connectivity index (χ3v) is 2.40. The molecule has 0 amide bonds. The molecule has 0 heterocycles. The van der Waals surface area contributed by atoms with E-state index in [1.807, 2.05) is 20.8 Å². The van der Waals surface area contributed by atoms with Crippen molar-refractivity contribution in [2.45, 2.75) is 26.9 Å². The van der Waals surface area contributed by atoms with E-state index in [1.54, 1.807) is 27.4 Å². The molecule has 1 aromatic carbocycles. The minimum absolute atomic E-state index is 0.0550.